The molecular formula is C21H21ClN2O3. The van der Waals surface area contributed by atoms with Crippen molar-refractivity contribution in [2.75, 3.05) is 13.1 Å². The van der Waals surface area contributed by atoms with Crippen molar-refractivity contribution in [3.63, 3.8) is 0 Å². The Balaban J connectivity index is 1.55. The summed E-state index contributed by atoms with van der Waals surface area (Å²) in [6.07, 6.45) is 1.97. The Kier molecular flexibility index (Phi) is 6.14. The van der Waals surface area contributed by atoms with Crippen molar-refractivity contribution in [2.24, 2.45) is 0 Å². The number of likely N-dealkylation sites (tertiary alicyclic amines) is 1. The largest absolute Gasteiger partial charge is 0.488 e. The standard InChI is InChI=1S/C21H21ClN2O3/c1-2-20(25)23-13-15-6-8-16(9-7-15)21(26)24-11-10-19(14-24)27-18-5-3-4-17(22)12-18/h2-9,12,19H,1,10-11,13-14H2,(H,23,25)/t19-/m1/s1. The molecule has 5 nitrogen and oxygen atoms in total. The van der Waals surface area contributed by atoms with E-state index in [-0.39, 0.29) is 17.9 Å². The molecule has 0 aromatic heterocycles. The monoisotopic (exact) mass is 384 g/mol. The molecule has 0 spiro atoms. The van der Waals surface area contributed by atoms with Gasteiger partial charge in [0.2, 0.25) is 5.91 Å². The van der Waals surface area contributed by atoms with Gasteiger partial charge in [0.05, 0.1) is 6.54 Å². The Morgan fingerprint density at radius 3 is 2.74 bits per heavy atom. The first-order valence-corrected chi connectivity index (χ1v) is 9.13. The van der Waals surface area contributed by atoms with Gasteiger partial charge in [-0.2, -0.15) is 0 Å². The lowest BCUT2D eigenvalue weighted by Gasteiger charge is -2.17. The van der Waals surface area contributed by atoms with Gasteiger partial charge in [-0.1, -0.05) is 36.4 Å². The summed E-state index contributed by atoms with van der Waals surface area (Å²) in [5.74, 6) is 0.472. The molecule has 1 aliphatic rings. The van der Waals surface area contributed by atoms with Crippen LogP contribution in [0.25, 0.3) is 0 Å². The summed E-state index contributed by atoms with van der Waals surface area (Å²) in [5.41, 5.74) is 1.54. The van der Waals surface area contributed by atoms with Gasteiger partial charge < -0.3 is 15.0 Å². The van der Waals surface area contributed by atoms with Gasteiger partial charge in [-0.15, -0.1) is 0 Å². The maximum Gasteiger partial charge on any atom is 0.253 e. The highest BCUT2D eigenvalue weighted by Crippen LogP contribution is 2.22. The van der Waals surface area contributed by atoms with E-state index in [9.17, 15) is 9.59 Å². The molecule has 3 rings (SSSR count). The maximum absolute atomic E-state index is 12.7. The van der Waals surface area contributed by atoms with Crippen LogP contribution < -0.4 is 10.1 Å². The Hall–Kier alpha value is -2.79. The van der Waals surface area contributed by atoms with Crippen LogP contribution >= 0.6 is 11.6 Å². The summed E-state index contributed by atoms with van der Waals surface area (Å²) < 4.78 is 5.93. The van der Waals surface area contributed by atoms with E-state index < -0.39 is 0 Å². The van der Waals surface area contributed by atoms with Gasteiger partial charge in [0, 0.05) is 30.1 Å². The minimum Gasteiger partial charge on any atom is -0.488 e. The van der Waals surface area contributed by atoms with Crippen molar-refractivity contribution in [3.05, 3.63) is 77.3 Å². The van der Waals surface area contributed by atoms with Crippen molar-refractivity contribution < 1.29 is 14.3 Å². The van der Waals surface area contributed by atoms with Gasteiger partial charge in [-0.05, 0) is 42.0 Å². The fraction of sp³-hybridized carbons (Fsp3) is 0.238. The lowest BCUT2D eigenvalue weighted by Crippen LogP contribution is -2.31. The molecule has 0 bridgehead atoms. The number of rotatable bonds is 6. The second-order valence-corrected chi connectivity index (χ2v) is 6.79. The first kappa shape index (κ1) is 19.0. The van der Waals surface area contributed by atoms with E-state index in [1.165, 1.54) is 6.08 Å². The van der Waals surface area contributed by atoms with Crippen molar-refractivity contribution in [1.29, 1.82) is 0 Å². The van der Waals surface area contributed by atoms with Crippen LogP contribution in [0.2, 0.25) is 5.02 Å². The van der Waals surface area contributed by atoms with E-state index in [1.54, 1.807) is 29.2 Å². The van der Waals surface area contributed by atoms with E-state index in [0.717, 1.165) is 12.0 Å². The number of nitrogens with zero attached hydrogens (tertiary/aromatic N) is 1. The highest BCUT2D eigenvalue weighted by molar-refractivity contribution is 6.30. The number of hydrogen-bond donors (Lipinski definition) is 1. The van der Waals surface area contributed by atoms with Gasteiger partial charge in [0.25, 0.3) is 5.91 Å². The summed E-state index contributed by atoms with van der Waals surface area (Å²) in [4.78, 5) is 25.7. The van der Waals surface area contributed by atoms with Crippen molar-refractivity contribution in [2.45, 2.75) is 19.1 Å². The van der Waals surface area contributed by atoms with Crippen LogP contribution in [0.3, 0.4) is 0 Å². The zero-order chi connectivity index (χ0) is 19.2. The molecule has 0 aliphatic carbocycles. The van der Waals surface area contributed by atoms with Gasteiger partial charge >= 0.3 is 0 Å². The van der Waals surface area contributed by atoms with Crippen LogP contribution in [0.1, 0.15) is 22.3 Å². The molecule has 0 radical (unpaired) electrons. The lowest BCUT2D eigenvalue weighted by molar-refractivity contribution is -0.116. The van der Waals surface area contributed by atoms with Crippen LogP contribution in [0.5, 0.6) is 5.75 Å². The maximum atomic E-state index is 12.7. The number of ether oxygens (including phenoxy) is 1. The third kappa shape index (κ3) is 5.11. The van der Waals surface area contributed by atoms with Crippen LogP contribution in [-0.4, -0.2) is 35.9 Å². The Labute approximate surface area is 163 Å². The SMILES string of the molecule is C=CC(=O)NCc1ccc(C(=O)N2CC[C@@H](Oc3cccc(Cl)c3)C2)cc1. The van der Waals surface area contributed by atoms with Gasteiger partial charge in [0.1, 0.15) is 11.9 Å². The highest BCUT2D eigenvalue weighted by atomic mass is 35.5. The predicted molar refractivity (Wildman–Crippen MR) is 105 cm³/mol. The number of benzene rings is 2. The van der Waals surface area contributed by atoms with Crippen LogP contribution in [0.4, 0.5) is 0 Å². The lowest BCUT2D eigenvalue weighted by atomic mass is 10.1. The molecule has 1 N–H and O–H groups in total. The second-order valence-electron chi connectivity index (χ2n) is 6.36. The smallest absolute Gasteiger partial charge is 0.253 e. The molecule has 2 amide bonds. The van der Waals surface area contributed by atoms with Crippen LogP contribution in [0, 0.1) is 0 Å². The molecule has 2 aromatic rings. The molecule has 6 heteroatoms. The third-order valence-corrected chi connectivity index (χ3v) is 4.62. The summed E-state index contributed by atoms with van der Waals surface area (Å²) in [6.45, 7) is 5.01. The normalized spacial score (nSPS) is 16.0. The van der Waals surface area contributed by atoms with Gasteiger partial charge in [-0.3, -0.25) is 9.59 Å². The Morgan fingerprint density at radius 1 is 1.26 bits per heavy atom. The molecule has 1 saturated heterocycles. The molecular weight excluding hydrogens is 364 g/mol. The first-order valence-electron chi connectivity index (χ1n) is 8.76. The molecule has 1 atom stereocenters. The van der Waals surface area contributed by atoms with E-state index in [2.05, 4.69) is 11.9 Å². The predicted octanol–water partition coefficient (Wildman–Crippen LogP) is 3.44. The highest BCUT2D eigenvalue weighted by Gasteiger charge is 2.28. The van der Waals surface area contributed by atoms with Crippen LogP contribution in [0.15, 0.2) is 61.2 Å². The van der Waals surface area contributed by atoms with Gasteiger partial charge in [-0.25, -0.2) is 0 Å². The number of hydrogen-bond acceptors (Lipinski definition) is 3. The Morgan fingerprint density at radius 2 is 2.04 bits per heavy atom. The Bertz CT molecular complexity index is 836. The minimum atomic E-state index is -0.224. The molecule has 1 aliphatic heterocycles. The summed E-state index contributed by atoms with van der Waals surface area (Å²) in [6, 6.07) is 14.5. The van der Waals surface area contributed by atoms with Crippen LogP contribution in [-0.2, 0) is 11.3 Å². The minimum absolute atomic E-state index is 0.0196. The van der Waals surface area contributed by atoms with Crippen molar-refractivity contribution in [3.8, 4) is 5.75 Å². The molecule has 2 aromatic carbocycles. The fourth-order valence-electron chi connectivity index (χ4n) is 2.95. The van der Waals surface area contributed by atoms with Crippen molar-refractivity contribution >= 4 is 23.4 Å². The second kappa shape index (κ2) is 8.73. The van der Waals surface area contributed by atoms with E-state index in [0.29, 0.717) is 36.0 Å². The van der Waals surface area contributed by atoms with E-state index in [4.69, 9.17) is 16.3 Å². The number of carbonyl (C=O) groups excluding carboxylic acids is 2. The molecule has 0 unspecified atom stereocenters. The topological polar surface area (TPSA) is 58.6 Å². The zero-order valence-corrected chi connectivity index (χ0v) is 15.6. The van der Waals surface area contributed by atoms with E-state index >= 15 is 0 Å². The quantitative estimate of drug-likeness (QED) is 0.776. The molecule has 0 saturated carbocycles. The summed E-state index contributed by atoms with van der Waals surface area (Å²) in [7, 11) is 0. The average molecular weight is 385 g/mol. The first-order chi connectivity index (χ1) is 13.0. The molecule has 1 fully saturated rings. The number of halogens is 1. The molecule has 1 heterocycles. The average Bonchev–Trinajstić information content (AvgIpc) is 3.14. The summed E-state index contributed by atoms with van der Waals surface area (Å²) in [5, 5.41) is 3.33. The number of carbonyl (C=O) groups is 2. The number of amides is 2. The van der Waals surface area contributed by atoms with Gasteiger partial charge in [0.15, 0.2) is 0 Å². The molecule has 27 heavy (non-hydrogen) atoms. The summed E-state index contributed by atoms with van der Waals surface area (Å²) >= 11 is 5.98. The van der Waals surface area contributed by atoms with E-state index in [1.807, 2.05) is 24.3 Å². The number of nitrogens with one attached hydrogen (secondary N) is 1. The molecule has 140 valence electrons. The fourth-order valence-corrected chi connectivity index (χ4v) is 3.13. The van der Waals surface area contributed by atoms with Crippen molar-refractivity contribution in [1.82, 2.24) is 10.2 Å². The third-order valence-electron chi connectivity index (χ3n) is 4.38. The zero-order valence-electron chi connectivity index (χ0n) is 14.9.